The Hall–Kier alpha value is -1.57. The van der Waals surface area contributed by atoms with Gasteiger partial charge in [-0.2, -0.15) is 0 Å². The van der Waals surface area contributed by atoms with Gasteiger partial charge in [0.25, 0.3) is 0 Å². The van der Waals surface area contributed by atoms with E-state index in [9.17, 15) is 43.7 Å². The van der Waals surface area contributed by atoms with E-state index in [2.05, 4.69) is 23.8 Å². The van der Waals surface area contributed by atoms with E-state index in [1.54, 1.807) is 0 Å². The third-order valence-corrected chi connectivity index (χ3v) is 8.12. The van der Waals surface area contributed by atoms with Crippen molar-refractivity contribution in [2.45, 2.75) is 42.9 Å². The molecular formula is C15H23N5O15P3+. The molecule has 20 nitrogen and oxygen atoms in total. The summed E-state index contributed by atoms with van der Waals surface area (Å²) in [6.07, 6.45) is -7.92. The van der Waals surface area contributed by atoms with E-state index < -0.39 is 80.0 Å². The number of anilines is 1. The maximum absolute atomic E-state index is 12.2. The molecule has 2 aromatic rings. The molecule has 0 radical (unpaired) electrons. The predicted octanol–water partition coefficient (Wildman–Crippen LogP) is -1.93. The summed E-state index contributed by atoms with van der Waals surface area (Å²) in [5.74, 6) is -0.0143. The Bertz CT molecular complexity index is 1260. The number of rotatable bonds is 11. The van der Waals surface area contributed by atoms with Crippen LogP contribution < -0.4 is 5.73 Å². The molecule has 0 amide bonds. The number of hydrogen-bond acceptors (Lipinski definition) is 16. The average molecular weight is 606 g/mol. The molecule has 0 bridgehead atoms. The highest BCUT2D eigenvalue weighted by Gasteiger charge is 2.50. The zero-order chi connectivity index (χ0) is 27.8. The van der Waals surface area contributed by atoms with Gasteiger partial charge < -0.3 is 40.3 Å². The fraction of sp³-hybridized carbons (Fsp3) is 0.667. The van der Waals surface area contributed by atoms with Crippen LogP contribution in [-0.2, 0) is 41.1 Å². The topological polar surface area (TPSA) is 298 Å². The van der Waals surface area contributed by atoms with Crippen molar-refractivity contribution < 1.29 is 71.1 Å². The van der Waals surface area contributed by atoms with Gasteiger partial charge in [-0.1, -0.05) is 0 Å². The molecule has 23 heteroatoms. The molecule has 0 saturated carbocycles. The van der Waals surface area contributed by atoms with Crippen molar-refractivity contribution in [3.8, 4) is 0 Å². The molecule has 2 saturated heterocycles. The first-order valence-corrected chi connectivity index (χ1v) is 14.6. The SMILES string of the molecule is Nc1ncnc2c1ncn2[C@@H]1O[C@H](COP(=O)(O)O[P+](=O)OC[C@H]2OC[C@H](O)[C@@H]2O)[C@@H](O)[C@H]1OP(=O)(O)O. The van der Waals surface area contributed by atoms with Gasteiger partial charge >= 0.3 is 23.9 Å². The van der Waals surface area contributed by atoms with Gasteiger partial charge in [-0.15, -0.1) is 4.52 Å². The minimum Gasteiger partial charge on any atom is -0.388 e. The van der Waals surface area contributed by atoms with Crippen LogP contribution >= 0.6 is 23.9 Å². The van der Waals surface area contributed by atoms with Crippen LogP contribution in [0.15, 0.2) is 12.7 Å². The molecule has 38 heavy (non-hydrogen) atoms. The Balaban J connectivity index is 1.41. The summed E-state index contributed by atoms with van der Waals surface area (Å²) in [5, 5.41) is 29.7. The average Bonchev–Trinajstić information content (AvgIpc) is 3.48. The van der Waals surface area contributed by atoms with Crippen molar-refractivity contribution >= 4 is 40.9 Å². The number of aromatic nitrogens is 4. The van der Waals surface area contributed by atoms with Crippen molar-refractivity contribution in [3.63, 3.8) is 0 Å². The van der Waals surface area contributed by atoms with E-state index in [-0.39, 0.29) is 23.6 Å². The Kier molecular flexibility index (Phi) is 8.90. The first-order valence-electron chi connectivity index (χ1n) is 10.5. The fourth-order valence-corrected chi connectivity index (χ4v) is 5.86. The maximum Gasteiger partial charge on any atom is 0.708 e. The zero-order valence-corrected chi connectivity index (χ0v) is 21.6. The van der Waals surface area contributed by atoms with Crippen molar-refractivity contribution in [1.29, 1.82) is 0 Å². The summed E-state index contributed by atoms with van der Waals surface area (Å²) in [4.78, 5) is 40.2. The van der Waals surface area contributed by atoms with Crippen LogP contribution in [0.2, 0.25) is 0 Å². The van der Waals surface area contributed by atoms with Gasteiger partial charge in [0.15, 0.2) is 17.7 Å². The van der Waals surface area contributed by atoms with Gasteiger partial charge in [0.05, 0.1) is 19.5 Å². The third kappa shape index (κ3) is 6.76. The quantitative estimate of drug-likeness (QED) is 0.137. The molecule has 2 aliphatic heterocycles. The Morgan fingerprint density at radius 1 is 1.11 bits per heavy atom. The lowest BCUT2D eigenvalue weighted by Crippen LogP contribution is -2.35. The smallest absolute Gasteiger partial charge is 0.388 e. The number of nitrogens with zero attached hydrogens (tertiary/aromatic N) is 4. The van der Waals surface area contributed by atoms with E-state index in [0.717, 1.165) is 17.2 Å². The van der Waals surface area contributed by atoms with Crippen LogP contribution in [0.25, 0.3) is 11.2 Å². The normalized spacial score (nSPS) is 32.1. The number of nitrogens with two attached hydrogens (primary N) is 1. The summed E-state index contributed by atoms with van der Waals surface area (Å²) < 4.78 is 65.9. The second kappa shape index (κ2) is 11.5. The highest BCUT2D eigenvalue weighted by molar-refractivity contribution is 7.56. The molecule has 4 heterocycles. The molecule has 8 N–H and O–H groups in total. The molecule has 2 aromatic heterocycles. The second-order valence-corrected chi connectivity index (χ2v) is 11.7. The van der Waals surface area contributed by atoms with E-state index >= 15 is 0 Å². The van der Waals surface area contributed by atoms with Crippen molar-refractivity contribution in [3.05, 3.63) is 12.7 Å². The molecule has 4 rings (SSSR count). The van der Waals surface area contributed by atoms with E-state index in [1.807, 2.05) is 0 Å². The molecule has 2 aliphatic rings. The number of aliphatic hydroxyl groups is 3. The molecule has 2 unspecified atom stereocenters. The molecule has 9 atom stereocenters. The maximum atomic E-state index is 12.2. The zero-order valence-electron chi connectivity index (χ0n) is 18.9. The lowest BCUT2D eigenvalue weighted by molar-refractivity contribution is -0.0496. The Morgan fingerprint density at radius 3 is 2.50 bits per heavy atom. The molecule has 0 aliphatic carbocycles. The number of phosphoric ester groups is 2. The highest BCUT2D eigenvalue weighted by Crippen LogP contribution is 2.53. The molecule has 212 valence electrons. The second-order valence-electron chi connectivity index (χ2n) is 7.99. The van der Waals surface area contributed by atoms with Gasteiger partial charge in [0.2, 0.25) is 0 Å². The van der Waals surface area contributed by atoms with E-state index in [0.29, 0.717) is 0 Å². The number of fused-ring (bicyclic) bond motifs is 1. The van der Waals surface area contributed by atoms with Crippen molar-refractivity contribution in [2.75, 3.05) is 25.6 Å². The van der Waals surface area contributed by atoms with E-state index in [1.165, 1.54) is 0 Å². The number of hydrogen-bond donors (Lipinski definition) is 7. The Labute approximate surface area is 213 Å². The predicted molar refractivity (Wildman–Crippen MR) is 119 cm³/mol. The van der Waals surface area contributed by atoms with Crippen LogP contribution in [0.4, 0.5) is 5.82 Å². The summed E-state index contributed by atoms with van der Waals surface area (Å²) in [6, 6.07) is 0. The van der Waals surface area contributed by atoms with Crippen LogP contribution in [0.5, 0.6) is 0 Å². The number of nitrogen functional groups attached to an aromatic ring is 1. The van der Waals surface area contributed by atoms with Gasteiger partial charge in [0.1, 0.15) is 55.1 Å². The van der Waals surface area contributed by atoms with Gasteiger partial charge in [-0.25, -0.2) is 24.1 Å². The first kappa shape index (κ1) is 29.4. The molecular weight excluding hydrogens is 583 g/mol. The minimum atomic E-state index is -5.18. The van der Waals surface area contributed by atoms with Gasteiger partial charge in [-0.3, -0.25) is 18.5 Å². The number of aliphatic hydroxyl groups excluding tert-OH is 3. The van der Waals surface area contributed by atoms with Crippen LogP contribution in [0, 0.1) is 0 Å². The van der Waals surface area contributed by atoms with Gasteiger partial charge in [-0.05, 0) is 4.31 Å². The fourth-order valence-electron chi connectivity index (χ4n) is 3.66. The van der Waals surface area contributed by atoms with Crippen molar-refractivity contribution in [2.24, 2.45) is 0 Å². The Morgan fingerprint density at radius 2 is 1.84 bits per heavy atom. The summed E-state index contributed by atoms with van der Waals surface area (Å²) in [5.41, 5.74) is 5.91. The lowest BCUT2D eigenvalue weighted by atomic mass is 10.1. The highest BCUT2D eigenvalue weighted by atomic mass is 31.2. The molecule has 0 aromatic carbocycles. The van der Waals surface area contributed by atoms with Crippen LogP contribution in [0.3, 0.4) is 0 Å². The number of imidazole rings is 1. The number of ether oxygens (including phenoxy) is 2. The summed E-state index contributed by atoms with van der Waals surface area (Å²) in [6.45, 7) is -1.65. The largest absolute Gasteiger partial charge is 0.708 e. The number of phosphoric acid groups is 2. The minimum absolute atomic E-state index is 0.0143. The van der Waals surface area contributed by atoms with E-state index in [4.69, 9.17) is 24.3 Å². The lowest BCUT2D eigenvalue weighted by Gasteiger charge is -2.22. The van der Waals surface area contributed by atoms with Crippen LogP contribution in [-0.4, -0.2) is 106 Å². The monoisotopic (exact) mass is 606 g/mol. The first-order chi connectivity index (χ1) is 17.8. The van der Waals surface area contributed by atoms with Gasteiger partial charge in [0, 0.05) is 4.57 Å². The summed E-state index contributed by atoms with van der Waals surface area (Å²) >= 11 is 0. The van der Waals surface area contributed by atoms with Crippen molar-refractivity contribution in [1.82, 2.24) is 19.5 Å². The van der Waals surface area contributed by atoms with Crippen LogP contribution in [0.1, 0.15) is 6.23 Å². The summed E-state index contributed by atoms with van der Waals surface area (Å²) in [7, 11) is -13.6. The molecule has 2 fully saturated rings. The third-order valence-electron chi connectivity index (χ3n) is 5.41. The standard InChI is InChI=1S/C15H22N5O15P3/c16-13-9-14(18-4-17-13)20(5-19-9)15-12(34-37(25,26)27)11(23)8(33-15)3-32-38(28,29)35-36(24)31-2-7-10(22)6(21)1-30-7/h4-8,10-12,15,21-23H,1-3H2,(H4-,16,17,18,25,26,27,28,29)/p+1/t6-,7+,8+,10-,11+,12+,15+/m0/s1. The molecule has 0 spiro atoms.